The number of nitrogens with zero attached hydrogens (tertiary/aromatic N) is 3. The summed E-state index contributed by atoms with van der Waals surface area (Å²) in [5.41, 5.74) is 0. The van der Waals surface area contributed by atoms with Crippen molar-refractivity contribution in [3.8, 4) is 10.7 Å². The fraction of sp³-hybridized carbons (Fsp3) is 0.462. The van der Waals surface area contributed by atoms with Crippen LogP contribution in [0.4, 0.5) is 0 Å². The molecule has 0 aromatic carbocycles. The lowest BCUT2D eigenvalue weighted by molar-refractivity contribution is -0.145. The number of rotatable bonds is 4. The minimum atomic E-state index is -0.781. The maximum absolute atomic E-state index is 11.3. The number of aromatic nitrogens is 2. The first-order valence-corrected chi connectivity index (χ1v) is 8.34. The van der Waals surface area contributed by atoms with E-state index in [1.54, 1.807) is 0 Å². The number of carbonyl (C=O) groups is 1. The summed E-state index contributed by atoms with van der Waals surface area (Å²) in [5.74, 6) is 0.226. The highest BCUT2D eigenvalue weighted by atomic mass is 79.9. The minimum Gasteiger partial charge on any atom is -0.480 e. The molecule has 6 nitrogen and oxygen atoms in total. The Labute approximate surface area is 133 Å². The molecule has 3 heterocycles. The molecule has 1 saturated heterocycles. The summed E-state index contributed by atoms with van der Waals surface area (Å²) in [6.45, 7) is 1.13. The smallest absolute Gasteiger partial charge is 0.320 e. The summed E-state index contributed by atoms with van der Waals surface area (Å²) in [4.78, 5) is 18.4. The van der Waals surface area contributed by atoms with E-state index < -0.39 is 12.0 Å². The molecule has 8 heteroatoms. The predicted octanol–water partition coefficient (Wildman–Crippen LogP) is 3.00. The summed E-state index contributed by atoms with van der Waals surface area (Å²) in [7, 11) is 0. The van der Waals surface area contributed by atoms with E-state index in [9.17, 15) is 9.90 Å². The number of hydrogen-bond acceptors (Lipinski definition) is 6. The van der Waals surface area contributed by atoms with Crippen molar-refractivity contribution < 1.29 is 14.4 Å². The molecule has 1 atom stereocenters. The van der Waals surface area contributed by atoms with Gasteiger partial charge in [-0.2, -0.15) is 4.98 Å². The van der Waals surface area contributed by atoms with Crippen LogP contribution in [0.25, 0.3) is 10.7 Å². The van der Waals surface area contributed by atoms with Crippen molar-refractivity contribution in [3.63, 3.8) is 0 Å². The predicted molar refractivity (Wildman–Crippen MR) is 81.0 cm³/mol. The molecule has 1 unspecified atom stereocenters. The van der Waals surface area contributed by atoms with Gasteiger partial charge in [-0.05, 0) is 41.4 Å². The Morgan fingerprint density at radius 3 is 3.14 bits per heavy atom. The van der Waals surface area contributed by atoms with Gasteiger partial charge in [-0.3, -0.25) is 9.69 Å². The maximum Gasteiger partial charge on any atom is 0.320 e. The van der Waals surface area contributed by atoms with Crippen LogP contribution in [-0.2, 0) is 11.3 Å². The second kappa shape index (κ2) is 6.25. The average molecular weight is 372 g/mol. The lowest BCUT2D eigenvalue weighted by Gasteiger charge is -2.31. The molecule has 1 N–H and O–H groups in total. The van der Waals surface area contributed by atoms with Gasteiger partial charge in [0.1, 0.15) is 6.04 Å². The third-order valence-corrected chi connectivity index (χ3v) is 5.18. The molecule has 0 spiro atoms. The highest BCUT2D eigenvalue weighted by molar-refractivity contribution is 9.10. The fourth-order valence-electron chi connectivity index (χ4n) is 2.48. The van der Waals surface area contributed by atoms with Crippen LogP contribution in [-0.4, -0.2) is 38.7 Å². The van der Waals surface area contributed by atoms with Crippen LogP contribution in [0.1, 0.15) is 25.2 Å². The number of aliphatic carboxylic acids is 1. The van der Waals surface area contributed by atoms with Gasteiger partial charge in [0, 0.05) is 9.85 Å². The number of piperidine rings is 1. The van der Waals surface area contributed by atoms with Gasteiger partial charge < -0.3 is 9.63 Å². The Bertz CT molecular complexity index is 642. The SMILES string of the molecule is O=C(O)C1CCCCN1Cc1nc(-c2cc(Br)cs2)no1. The molecule has 3 rings (SSSR count). The molecule has 112 valence electrons. The topological polar surface area (TPSA) is 79.5 Å². The first-order valence-electron chi connectivity index (χ1n) is 6.67. The van der Waals surface area contributed by atoms with Gasteiger partial charge in [-0.25, -0.2) is 0 Å². The summed E-state index contributed by atoms with van der Waals surface area (Å²) >= 11 is 4.92. The van der Waals surface area contributed by atoms with Crippen molar-refractivity contribution in [1.29, 1.82) is 0 Å². The summed E-state index contributed by atoms with van der Waals surface area (Å²) < 4.78 is 6.24. The number of carboxylic acids is 1. The number of hydrogen-bond donors (Lipinski definition) is 1. The Morgan fingerprint density at radius 1 is 1.57 bits per heavy atom. The van der Waals surface area contributed by atoms with Crippen molar-refractivity contribution in [2.45, 2.75) is 31.8 Å². The zero-order valence-corrected chi connectivity index (χ0v) is 13.6. The zero-order chi connectivity index (χ0) is 14.8. The molecule has 2 aromatic rings. The van der Waals surface area contributed by atoms with E-state index in [-0.39, 0.29) is 0 Å². The van der Waals surface area contributed by atoms with E-state index in [1.807, 2.05) is 16.3 Å². The quantitative estimate of drug-likeness (QED) is 0.889. The molecule has 1 fully saturated rings. The summed E-state index contributed by atoms with van der Waals surface area (Å²) in [6, 6.07) is 1.48. The van der Waals surface area contributed by atoms with Gasteiger partial charge in [0.2, 0.25) is 11.7 Å². The molecule has 2 aromatic heterocycles. The van der Waals surface area contributed by atoms with Crippen LogP contribution in [0.3, 0.4) is 0 Å². The Balaban J connectivity index is 1.73. The van der Waals surface area contributed by atoms with Crippen molar-refractivity contribution in [2.24, 2.45) is 0 Å². The monoisotopic (exact) mass is 371 g/mol. The van der Waals surface area contributed by atoms with E-state index in [1.165, 1.54) is 11.3 Å². The largest absolute Gasteiger partial charge is 0.480 e. The molecular weight excluding hydrogens is 358 g/mol. The van der Waals surface area contributed by atoms with Crippen LogP contribution in [0.2, 0.25) is 0 Å². The van der Waals surface area contributed by atoms with Gasteiger partial charge in [-0.15, -0.1) is 11.3 Å². The van der Waals surface area contributed by atoms with Gasteiger partial charge in [-0.1, -0.05) is 11.6 Å². The van der Waals surface area contributed by atoms with Crippen molar-refractivity contribution in [2.75, 3.05) is 6.54 Å². The van der Waals surface area contributed by atoms with Crippen LogP contribution in [0, 0.1) is 0 Å². The molecule has 1 aliphatic rings. The number of carboxylic acid groups (broad SMARTS) is 1. The van der Waals surface area contributed by atoms with Gasteiger partial charge >= 0.3 is 5.97 Å². The summed E-state index contributed by atoms with van der Waals surface area (Å²) in [6.07, 6.45) is 2.63. The average Bonchev–Trinajstić information content (AvgIpc) is 3.08. The molecule has 0 aliphatic carbocycles. The lowest BCUT2D eigenvalue weighted by Crippen LogP contribution is -2.44. The van der Waals surface area contributed by atoms with Crippen LogP contribution >= 0.6 is 27.3 Å². The highest BCUT2D eigenvalue weighted by Gasteiger charge is 2.29. The maximum atomic E-state index is 11.3. The van der Waals surface area contributed by atoms with Crippen LogP contribution in [0.5, 0.6) is 0 Å². The Kier molecular flexibility index (Phi) is 4.37. The third kappa shape index (κ3) is 3.33. The van der Waals surface area contributed by atoms with Crippen molar-refractivity contribution in [1.82, 2.24) is 15.0 Å². The first kappa shape index (κ1) is 14.7. The van der Waals surface area contributed by atoms with Crippen LogP contribution < -0.4 is 0 Å². The van der Waals surface area contributed by atoms with Crippen molar-refractivity contribution in [3.05, 3.63) is 21.8 Å². The molecule has 0 saturated carbocycles. The van der Waals surface area contributed by atoms with E-state index in [0.29, 0.717) is 24.7 Å². The van der Waals surface area contributed by atoms with Crippen molar-refractivity contribution >= 4 is 33.2 Å². The third-order valence-electron chi connectivity index (χ3n) is 3.49. The highest BCUT2D eigenvalue weighted by Crippen LogP contribution is 2.28. The minimum absolute atomic E-state index is 0.385. The van der Waals surface area contributed by atoms with Gasteiger partial charge in [0.15, 0.2) is 0 Å². The molecular formula is C13H14BrN3O3S. The normalized spacial score (nSPS) is 19.8. The molecule has 0 bridgehead atoms. The van der Waals surface area contributed by atoms with Crippen LogP contribution in [0.15, 0.2) is 20.4 Å². The number of halogens is 1. The Morgan fingerprint density at radius 2 is 2.43 bits per heavy atom. The van der Waals surface area contributed by atoms with Gasteiger partial charge in [0.25, 0.3) is 0 Å². The van der Waals surface area contributed by atoms with E-state index in [0.717, 1.165) is 28.7 Å². The zero-order valence-electron chi connectivity index (χ0n) is 11.2. The first-order chi connectivity index (χ1) is 10.1. The molecule has 21 heavy (non-hydrogen) atoms. The van der Waals surface area contributed by atoms with E-state index in [2.05, 4.69) is 26.1 Å². The second-order valence-electron chi connectivity index (χ2n) is 4.96. The second-order valence-corrected chi connectivity index (χ2v) is 6.79. The number of likely N-dealkylation sites (tertiary alicyclic amines) is 1. The summed E-state index contributed by atoms with van der Waals surface area (Å²) in [5, 5.41) is 15.2. The number of thiophene rings is 1. The fourth-order valence-corrected chi connectivity index (χ4v) is 3.83. The molecule has 0 amide bonds. The lowest BCUT2D eigenvalue weighted by atomic mass is 10.0. The van der Waals surface area contributed by atoms with Gasteiger partial charge in [0.05, 0.1) is 11.4 Å². The molecule has 1 aliphatic heterocycles. The standard InChI is InChI=1S/C13H14BrN3O3S/c14-8-5-10(21-7-8)12-15-11(20-16-12)6-17-4-2-1-3-9(17)13(18)19/h5,7,9H,1-4,6H2,(H,18,19). The molecule has 0 radical (unpaired) electrons. The van der Waals surface area contributed by atoms with E-state index in [4.69, 9.17) is 4.52 Å². The Hall–Kier alpha value is -1.25. The van der Waals surface area contributed by atoms with E-state index >= 15 is 0 Å².